The van der Waals surface area contributed by atoms with Crippen molar-refractivity contribution in [2.75, 3.05) is 6.61 Å². The molecule has 1 heterocycles. The van der Waals surface area contributed by atoms with Gasteiger partial charge in [-0.15, -0.1) is 0 Å². The Balaban J connectivity index is 1.43. The second-order valence-electron chi connectivity index (χ2n) is 5.39. The van der Waals surface area contributed by atoms with Gasteiger partial charge in [0.05, 0.1) is 12.6 Å². The van der Waals surface area contributed by atoms with Gasteiger partial charge in [0.2, 0.25) is 5.89 Å². The first-order chi connectivity index (χ1) is 10.3. The first-order valence-electron chi connectivity index (χ1n) is 7.54. The summed E-state index contributed by atoms with van der Waals surface area (Å²) in [5.74, 6) is 1.39. The number of benzene rings is 1. The molecule has 3 rings (SSSR count). The Bertz CT molecular complexity index is 550. The molecule has 1 aliphatic rings. The molecule has 21 heavy (non-hydrogen) atoms. The number of nitrogens with one attached hydrogen (secondary N) is 1. The highest BCUT2D eigenvalue weighted by molar-refractivity contribution is 5.18. The molecule has 0 atom stereocenters. The summed E-state index contributed by atoms with van der Waals surface area (Å²) >= 11 is 0. The van der Waals surface area contributed by atoms with Gasteiger partial charge in [0.15, 0.2) is 5.82 Å². The van der Waals surface area contributed by atoms with E-state index in [2.05, 4.69) is 27.6 Å². The molecule has 1 aliphatic carbocycles. The average molecular weight is 287 g/mol. The molecule has 1 N–H and O–H groups in total. The van der Waals surface area contributed by atoms with Crippen LogP contribution in [0.5, 0.6) is 0 Å². The SMILES string of the molecule is CCOC1CC(NCc2nc(Cc3ccccc3)no2)C1. The molecule has 0 bridgehead atoms. The average Bonchev–Trinajstić information content (AvgIpc) is 2.90. The van der Waals surface area contributed by atoms with E-state index in [4.69, 9.17) is 9.26 Å². The summed E-state index contributed by atoms with van der Waals surface area (Å²) in [4.78, 5) is 4.42. The predicted molar refractivity (Wildman–Crippen MR) is 78.8 cm³/mol. The van der Waals surface area contributed by atoms with E-state index in [0.29, 0.717) is 31.0 Å². The second kappa shape index (κ2) is 6.83. The first kappa shape index (κ1) is 14.2. The molecular formula is C16H21N3O2. The topological polar surface area (TPSA) is 60.2 Å². The van der Waals surface area contributed by atoms with E-state index >= 15 is 0 Å². The quantitative estimate of drug-likeness (QED) is 0.847. The lowest BCUT2D eigenvalue weighted by atomic mass is 9.89. The Morgan fingerprint density at radius 2 is 2.10 bits per heavy atom. The molecule has 5 heteroatoms. The van der Waals surface area contributed by atoms with Crippen molar-refractivity contribution in [2.45, 2.75) is 44.9 Å². The van der Waals surface area contributed by atoms with Gasteiger partial charge in [-0.2, -0.15) is 4.98 Å². The summed E-state index contributed by atoms with van der Waals surface area (Å²) in [6.07, 6.45) is 3.27. The van der Waals surface area contributed by atoms with Crippen LogP contribution in [0.4, 0.5) is 0 Å². The summed E-state index contributed by atoms with van der Waals surface area (Å²) in [6.45, 7) is 3.46. The number of hydrogen-bond acceptors (Lipinski definition) is 5. The van der Waals surface area contributed by atoms with Crippen LogP contribution in [0.3, 0.4) is 0 Å². The largest absolute Gasteiger partial charge is 0.378 e. The molecule has 1 aromatic heterocycles. The van der Waals surface area contributed by atoms with E-state index in [0.717, 1.165) is 25.3 Å². The van der Waals surface area contributed by atoms with E-state index in [9.17, 15) is 0 Å². The fourth-order valence-electron chi connectivity index (χ4n) is 2.55. The third-order valence-electron chi connectivity index (χ3n) is 3.75. The van der Waals surface area contributed by atoms with Crippen LogP contribution in [0.15, 0.2) is 34.9 Å². The molecule has 0 unspecified atom stereocenters. The third-order valence-corrected chi connectivity index (χ3v) is 3.75. The van der Waals surface area contributed by atoms with Crippen LogP contribution in [0.2, 0.25) is 0 Å². The summed E-state index contributed by atoms with van der Waals surface area (Å²) < 4.78 is 10.8. The Kier molecular flexibility index (Phi) is 4.62. The monoisotopic (exact) mass is 287 g/mol. The van der Waals surface area contributed by atoms with Crippen molar-refractivity contribution in [1.82, 2.24) is 15.5 Å². The number of aromatic nitrogens is 2. The number of rotatable bonds is 7. The Morgan fingerprint density at radius 1 is 1.29 bits per heavy atom. The second-order valence-corrected chi connectivity index (χ2v) is 5.39. The van der Waals surface area contributed by atoms with E-state index in [1.165, 1.54) is 5.56 Å². The molecule has 0 saturated heterocycles. The smallest absolute Gasteiger partial charge is 0.240 e. The Morgan fingerprint density at radius 3 is 2.86 bits per heavy atom. The minimum Gasteiger partial charge on any atom is -0.378 e. The van der Waals surface area contributed by atoms with E-state index in [1.54, 1.807) is 0 Å². The Hall–Kier alpha value is -1.72. The van der Waals surface area contributed by atoms with Gasteiger partial charge in [-0.25, -0.2) is 0 Å². The number of nitrogens with zero attached hydrogens (tertiary/aromatic N) is 2. The van der Waals surface area contributed by atoms with Crippen molar-refractivity contribution in [1.29, 1.82) is 0 Å². The molecule has 0 radical (unpaired) electrons. The molecule has 1 saturated carbocycles. The predicted octanol–water partition coefficient (Wildman–Crippen LogP) is 2.32. The van der Waals surface area contributed by atoms with Gasteiger partial charge < -0.3 is 14.6 Å². The molecule has 0 spiro atoms. The van der Waals surface area contributed by atoms with Gasteiger partial charge in [-0.3, -0.25) is 0 Å². The van der Waals surface area contributed by atoms with Crippen molar-refractivity contribution in [3.05, 3.63) is 47.6 Å². The van der Waals surface area contributed by atoms with Crippen LogP contribution in [-0.2, 0) is 17.7 Å². The molecule has 0 aliphatic heterocycles. The van der Waals surface area contributed by atoms with Crippen molar-refractivity contribution < 1.29 is 9.26 Å². The van der Waals surface area contributed by atoms with E-state index < -0.39 is 0 Å². The molecule has 2 aromatic rings. The molecule has 112 valence electrons. The highest BCUT2D eigenvalue weighted by Gasteiger charge is 2.29. The van der Waals surface area contributed by atoms with Gasteiger partial charge in [0.1, 0.15) is 0 Å². The zero-order valence-corrected chi connectivity index (χ0v) is 12.3. The van der Waals surface area contributed by atoms with Crippen molar-refractivity contribution in [3.63, 3.8) is 0 Å². The molecule has 5 nitrogen and oxygen atoms in total. The fraction of sp³-hybridized carbons (Fsp3) is 0.500. The maximum absolute atomic E-state index is 5.54. The maximum Gasteiger partial charge on any atom is 0.240 e. The molecule has 1 fully saturated rings. The van der Waals surface area contributed by atoms with Crippen molar-refractivity contribution >= 4 is 0 Å². The summed E-state index contributed by atoms with van der Waals surface area (Å²) in [5, 5.41) is 7.45. The highest BCUT2D eigenvalue weighted by Crippen LogP contribution is 2.23. The lowest BCUT2D eigenvalue weighted by Gasteiger charge is -2.35. The minimum atomic E-state index is 0.420. The number of hydrogen-bond donors (Lipinski definition) is 1. The van der Waals surface area contributed by atoms with Crippen molar-refractivity contribution in [3.8, 4) is 0 Å². The molecule has 0 amide bonds. The minimum absolute atomic E-state index is 0.420. The van der Waals surface area contributed by atoms with E-state index in [1.807, 2.05) is 25.1 Å². The van der Waals surface area contributed by atoms with Gasteiger partial charge in [0.25, 0.3) is 0 Å². The number of ether oxygens (including phenoxy) is 1. The lowest BCUT2D eigenvalue weighted by Crippen LogP contribution is -2.45. The summed E-state index contributed by atoms with van der Waals surface area (Å²) in [7, 11) is 0. The fourth-order valence-corrected chi connectivity index (χ4v) is 2.55. The van der Waals surface area contributed by atoms with Gasteiger partial charge in [-0.1, -0.05) is 35.5 Å². The normalized spacial score (nSPS) is 21.2. The van der Waals surface area contributed by atoms with Crippen molar-refractivity contribution in [2.24, 2.45) is 0 Å². The van der Waals surface area contributed by atoms with Gasteiger partial charge in [0, 0.05) is 19.1 Å². The van der Waals surface area contributed by atoms with Crippen LogP contribution >= 0.6 is 0 Å². The highest BCUT2D eigenvalue weighted by atomic mass is 16.5. The van der Waals surface area contributed by atoms with Crippen LogP contribution in [0.1, 0.15) is 37.0 Å². The first-order valence-corrected chi connectivity index (χ1v) is 7.54. The van der Waals surface area contributed by atoms with E-state index in [-0.39, 0.29) is 0 Å². The summed E-state index contributed by atoms with van der Waals surface area (Å²) in [5.41, 5.74) is 1.19. The molecular weight excluding hydrogens is 266 g/mol. The van der Waals surface area contributed by atoms with Crippen LogP contribution in [0.25, 0.3) is 0 Å². The zero-order chi connectivity index (χ0) is 14.5. The molecule has 1 aromatic carbocycles. The van der Waals surface area contributed by atoms with Crippen LogP contribution in [-0.4, -0.2) is 28.9 Å². The lowest BCUT2D eigenvalue weighted by molar-refractivity contribution is -0.0107. The van der Waals surface area contributed by atoms with Gasteiger partial charge >= 0.3 is 0 Å². The summed E-state index contributed by atoms with van der Waals surface area (Å²) in [6, 6.07) is 10.7. The maximum atomic E-state index is 5.54. The standard InChI is InChI=1S/C16H21N3O2/c1-2-20-14-9-13(10-14)17-11-16-18-15(19-21-16)8-12-6-4-3-5-7-12/h3-7,13-14,17H,2,8-11H2,1H3. The Labute approximate surface area is 124 Å². The third kappa shape index (κ3) is 3.89. The van der Waals surface area contributed by atoms with Crippen LogP contribution < -0.4 is 5.32 Å². The zero-order valence-electron chi connectivity index (χ0n) is 12.3. The van der Waals surface area contributed by atoms with Gasteiger partial charge in [-0.05, 0) is 25.3 Å². The van der Waals surface area contributed by atoms with Crippen LogP contribution in [0, 0.1) is 0 Å².